The summed E-state index contributed by atoms with van der Waals surface area (Å²) in [5.74, 6) is -2.75. The highest BCUT2D eigenvalue weighted by Crippen LogP contribution is 2.10. The topological polar surface area (TPSA) is 69.9 Å². The summed E-state index contributed by atoms with van der Waals surface area (Å²) < 4.78 is 4.84. The van der Waals surface area contributed by atoms with E-state index in [1.54, 1.807) is 6.92 Å². The molecule has 1 unspecified atom stereocenters. The molecule has 11 heavy (non-hydrogen) atoms. The summed E-state index contributed by atoms with van der Waals surface area (Å²) in [5, 5.41) is 26.0. The maximum atomic E-state index is 8.66. The first-order valence-electron chi connectivity index (χ1n) is 3.42. The number of rotatable bonds is 5. The summed E-state index contributed by atoms with van der Waals surface area (Å²) in [6.45, 7) is 5.23. The monoisotopic (exact) mass is 162 g/mol. The van der Waals surface area contributed by atoms with Crippen LogP contribution < -0.4 is 0 Å². The average Bonchev–Trinajstić information content (AvgIpc) is 1.87. The molecule has 1 atom stereocenters. The summed E-state index contributed by atoms with van der Waals surface area (Å²) in [6, 6.07) is 0. The molecule has 0 saturated carbocycles. The molecule has 4 nitrogen and oxygen atoms in total. The Balaban J connectivity index is 3.85. The highest BCUT2D eigenvalue weighted by Gasteiger charge is 2.30. The summed E-state index contributed by atoms with van der Waals surface area (Å²) in [5.41, 5.74) is 0. The second-order valence-corrected chi connectivity index (χ2v) is 2.21. The van der Waals surface area contributed by atoms with Crippen molar-refractivity contribution in [3.05, 3.63) is 12.7 Å². The molecule has 0 aromatic rings. The Kier molecular flexibility index (Phi) is 4.29. The number of aliphatic hydroxyl groups is 3. The van der Waals surface area contributed by atoms with E-state index in [1.165, 1.54) is 6.08 Å². The van der Waals surface area contributed by atoms with Crippen molar-refractivity contribution in [2.24, 2.45) is 0 Å². The standard InChI is InChI=1S/C7H14O4/c1-3-5-11-6(4-2)7(8,9)10/h3,6,8-10H,1,4-5H2,2H3. The van der Waals surface area contributed by atoms with E-state index in [9.17, 15) is 0 Å². The Morgan fingerprint density at radius 1 is 1.55 bits per heavy atom. The van der Waals surface area contributed by atoms with Gasteiger partial charge in [-0.25, -0.2) is 0 Å². The lowest BCUT2D eigenvalue weighted by molar-refractivity contribution is -0.360. The van der Waals surface area contributed by atoms with E-state index in [0.29, 0.717) is 6.42 Å². The van der Waals surface area contributed by atoms with Crippen LogP contribution in [-0.4, -0.2) is 34.0 Å². The molecule has 0 aliphatic carbocycles. The van der Waals surface area contributed by atoms with Crippen LogP contribution in [-0.2, 0) is 4.74 Å². The molecule has 4 heteroatoms. The summed E-state index contributed by atoms with van der Waals surface area (Å²) in [4.78, 5) is 0. The largest absolute Gasteiger partial charge is 0.366 e. The molecule has 0 fully saturated rings. The smallest absolute Gasteiger partial charge is 0.303 e. The molecule has 0 aromatic heterocycles. The zero-order valence-electron chi connectivity index (χ0n) is 6.53. The van der Waals surface area contributed by atoms with Crippen LogP contribution in [0.1, 0.15) is 13.3 Å². The molecule has 0 rings (SSSR count). The third-order valence-electron chi connectivity index (χ3n) is 1.22. The van der Waals surface area contributed by atoms with Crippen LogP contribution in [0.5, 0.6) is 0 Å². The molecule has 66 valence electrons. The van der Waals surface area contributed by atoms with Crippen LogP contribution in [0.2, 0.25) is 0 Å². The zero-order chi connectivity index (χ0) is 8.91. The van der Waals surface area contributed by atoms with E-state index in [4.69, 9.17) is 20.1 Å². The summed E-state index contributed by atoms with van der Waals surface area (Å²) in [6.07, 6.45) is 0.798. The Morgan fingerprint density at radius 3 is 2.36 bits per heavy atom. The number of hydrogen-bond donors (Lipinski definition) is 3. The first-order chi connectivity index (χ1) is 5.02. The normalized spacial score (nSPS) is 14.5. The van der Waals surface area contributed by atoms with E-state index < -0.39 is 12.1 Å². The highest BCUT2D eigenvalue weighted by molar-refractivity contribution is 4.69. The van der Waals surface area contributed by atoms with Crippen molar-refractivity contribution in [1.82, 2.24) is 0 Å². The second-order valence-electron chi connectivity index (χ2n) is 2.21. The third kappa shape index (κ3) is 4.10. The van der Waals surface area contributed by atoms with Gasteiger partial charge in [0.05, 0.1) is 6.61 Å². The Labute approximate surface area is 65.7 Å². The van der Waals surface area contributed by atoms with Crippen LogP contribution in [0.15, 0.2) is 12.7 Å². The van der Waals surface area contributed by atoms with Gasteiger partial charge in [0.25, 0.3) is 0 Å². The van der Waals surface area contributed by atoms with Gasteiger partial charge in [0.1, 0.15) is 6.10 Å². The predicted molar refractivity (Wildman–Crippen MR) is 39.6 cm³/mol. The lowest BCUT2D eigenvalue weighted by atomic mass is 10.2. The molecule has 0 aliphatic rings. The van der Waals surface area contributed by atoms with Crippen molar-refractivity contribution in [2.45, 2.75) is 25.4 Å². The van der Waals surface area contributed by atoms with Crippen molar-refractivity contribution in [3.63, 3.8) is 0 Å². The van der Waals surface area contributed by atoms with Gasteiger partial charge in [-0.15, -0.1) is 6.58 Å². The number of hydrogen-bond acceptors (Lipinski definition) is 4. The maximum Gasteiger partial charge on any atom is 0.303 e. The van der Waals surface area contributed by atoms with Crippen LogP contribution in [0, 0.1) is 0 Å². The lowest BCUT2D eigenvalue weighted by Crippen LogP contribution is -2.43. The molecule has 0 saturated heterocycles. The van der Waals surface area contributed by atoms with Gasteiger partial charge < -0.3 is 20.1 Å². The van der Waals surface area contributed by atoms with Gasteiger partial charge in [-0.3, -0.25) is 0 Å². The van der Waals surface area contributed by atoms with Gasteiger partial charge in [-0.1, -0.05) is 13.0 Å². The van der Waals surface area contributed by atoms with Gasteiger partial charge in [-0.05, 0) is 6.42 Å². The van der Waals surface area contributed by atoms with Crippen molar-refractivity contribution in [1.29, 1.82) is 0 Å². The number of ether oxygens (including phenoxy) is 1. The minimum absolute atomic E-state index is 0.182. The summed E-state index contributed by atoms with van der Waals surface area (Å²) in [7, 11) is 0. The van der Waals surface area contributed by atoms with E-state index in [0.717, 1.165) is 0 Å². The molecular weight excluding hydrogens is 148 g/mol. The van der Waals surface area contributed by atoms with Crippen LogP contribution >= 0.6 is 0 Å². The summed E-state index contributed by atoms with van der Waals surface area (Å²) >= 11 is 0. The maximum absolute atomic E-state index is 8.66. The Morgan fingerprint density at radius 2 is 2.09 bits per heavy atom. The average molecular weight is 162 g/mol. The molecule has 0 bridgehead atoms. The molecular formula is C7H14O4. The fraction of sp³-hybridized carbons (Fsp3) is 0.714. The molecule has 0 spiro atoms. The lowest BCUT2D eigenvalue weighted by Gasteiger charge is -2.24. The molecule has 0 radical (unpaired) electrons. The van der Waals surface area contributed by atoms with E-state index in [-0.39, 0.29) is 6.61 Å². The van der Waals surface area contributed by atoms with Crippen molar-refractivity contribution >= 4 is 0 Å². The third-order valence-corrected chi connectivity index (χ3v) is 1.22. The Hall–Kier alpha value is -0.420. The highest BCUT2D eigenvalue weighted by atomic mass is 16.7. The zero-order valence-corrected chi connectivity index (χ0v) is 6.53. The Bertz CT molecular complexity index is 116. The molecule has 0 amide bonds. The van der Waals surface area contributed by atoms with Crippen LogP contribution in [0.3, 0.4) is 0 Å². The van der Waals surface area contributed by atoms with Crippen molar-refractivity contribution < 1.29 is 20.1 Å². The van der Waals surface area contributed by atoms with Crippen LogP contribution in [0.4, 0.5) is 0 Å². The van der Waals surface area contributed by atoms with Gasteiger partial charge in [-0.2, -0.15) is 0 Å². The van der Waals surface area contributed by atoms with Gasteiger partial charge in [0, 0.05) is 0 Å². The first-order valence-corrected chi connectivity index (χ1v) is 3.42. The van der Waals surface area contributed by atoms with Crippen LogP contribution in [0.25, 0.3) is 0 Å². The van der Waals surface area contributed by atoms with E-state index in [2.05, 4.69) is 6.58 Å². The van der Waals surface area contributed by atoms with Crippen molar-refractivity contribution in [3.8, 4) is 0 Å². The molecule has 0 heterocycles. The fourth-order valence-corrected chi connectivity index (χ4v) is 0.688. The van der Waals surface area contributed by atoms with Crippen molar-refractivity contribution in [2.75, 3.05) is 6.61 Å². The van der Waals surface area contributed by atoms with Gasteiger partial charge in [0.2, 0.25) is 0 Å². The van der Waals surface area contributed by atoms with Gasteiger partial charge in [0.15, 0.2) is 0 Å². The second kappa shape index (κ2) is 4.46. The quantitative estimate of drug-likeness (QED) is 0.380. The predicted octanol–water partition coefficient (Wildman–Crippen LogP) is -0.402. The minimum Gasteiger partial charge on any atom is -0.366 e. The minimum atomic E-state index is -2.75. The molecule has 3 N–H and O–H groups in total. The fourth-order valence-electron chi connectivity index (χ4n) is 0.688. The van der Waals surface area contributed by atoms with Gasteiger partial charge >= 0.3 is 5.97 Å². The first kappa shape index (κ1) is 10.6. The molecule has 0 aromatic carbocycles. The van der Waals surface area contributed by atoms with E-state index >= 15 is 0 Å². The molecule has 0 aliphatic heterocycles. The van der Waals surface area contributed by atoms with E-state index in [1.807, 2.05) is 0 Å². The SMILES string of the molecule is C=CCOC(CC)C(O)(O)O.